The number of unbranched alkanes of at least 4 members (excludes halogenated alkanes) is 26. The quantitative estimate of drug-likeness (QED) is 0.0199. The summed E-state index contributed by atoms with van der Waals surface area (Å²) < 4.78 is 16.8. The molecule has 0 aliphatic heterocycles. The SMILES string of the molecule is CC\C=C/C=C\C=C/C=C\C=C\C=C/C=C\CCCCCC(=O)OCC(COC(=O)CCCCC/C=C\C=C/CCCCCCCCC)OC(=O)CCCCCCCCC/C=C\CCCCCCCC. The molecule has 0 N–H and O–H groups in total. The molecule has 1 unspecified atom stereocenters. The molecule has 0 aliphatic rings. The molecule has 6 heteroatoms. The average Bonchev–Trinajstić information content (AvgIpc) is 3.36. The summed E-state index contributed by atoms with van der Waals surface area (Å²) in [5, 5.41) is 0. The number of carbonyl (C=O) groups excluding carboxylic acids is 3. The second-order valence-electron chi connectivity index (χ2n) is 18.7. The van der Waals surface area contributed by atoms with Crippen molar-refractivity contribution in [3.63, 3.8) is 0 Å². The predicted octanol–water partition coefficient (Wildman–Crippen LogP) is 19.3. The van der Waals surface area contributed by atoms with Gasteiger partial charge in [0, 0.05) is 19.3 Å². The Morgan fingerprint density at radius 2 is 0.571 bits per heavy atom. The minimum absolute atomic E-state index is 0.111. The van der Waals surface area contributed by atoms with Gasteiger partial charge in [0.1, 0.15) is 13.2 Å². The number of allylic oxidation sites excluding steroid dienone is 20. The maximum Gasteiger partial charge on any atom is 0.306 e. The lowest BCUT2D eigenvalue weighted by molar-refractivity contribution is -0.167. The van der Waals surface area contributed by atoms with E-state index in [2.05, 4.69) is 69.4 Å². The highest BCUT2D eigenvalue weighted by Gasteiger charge is 2.19. The van der Waals surface area contributed by atoms with Gasteiger partial charge in [-0.25, -0.2) is 0 Å². The van der Waals surface area contributed by atoms with Crippen LogP contribution in [0.3, 0.4) is 0 Å². The molecule has 0 saturated heterocycles. The van der Waals surface area contributed by atoms with Gasteiger partial charge in [-0.1, -0.05) is 258 Å². The van der Waals surface area contributed by atoms with Crippen LogP contribution in [0.15, 0.2) is 122 Å². The molecule has 0 amide bonds. The van der Waals surface area contributed by atoms with E-state index in [0.29, 0.717) is 19.3 Å². The van der Waals surface area contributed by atoms with Gasteiger partial charge in [0.05, 0.1) is 0 Å². The molecule has 0 fully saturated rings. The summed E-state index contributed by atoms with van der Waals surface area (Å²) >= 11 is 0. The second kappa shape index (κ2) is 57.4. The summed E-state index contributed by atoms with van der Waals surface area (Å²) in [6.45, 7) is 6.42. The largest absolute Gasteiger partial charge is 0.462 e. The Morgan fingerprint density at radius 3 is 0.943 bits per heavy atom. The van der Waals surface area contributed by atoms with Crippen LogP contribution in [0.2, 0.25) is 0 Å². The number of hydrogen-bond acceptors (Lipinski definition) is 6. The van der Waals surface area contributed by atoms with Crippen LogP contribution in [0.4, 0.5) is 0 Å². The zero-order valence-electron chi connectivity index (χ0n) is 45.2. The van der Waals surface area contributed by atoms with E-state index in [0.717, 1.165) is 83.5 Å². The summed E-state index contributed by atoms with van der Waals surface area (Å²) in [7, 11) is 0. The molecule has 0 bridgehead atoms. The topological polar surface area (TPSA) is 78.9 Å². The molecule has 0 aromatic heterocycles. The molecule has 0 saturated carbocycles. The lowest BCUT2D eigenvalue weighted by atomic mass is 10.1. The fourth-order valence-corrected chi connectivity index (χ4v) is 7.59. The van der Waals surface area contributed by atoms with Gasteiger partial charge in [-0.05, 0) is 89.9 Å². The lowest BCUT2D eigenvalue weighted by Crippen LogP contribution is -2.30. The van der Waals surface area contributed by atoms with Crippen molar-refractivity contribution < 1.29 is 28.6 Å². The Labute approximate surface area is 431 Å². The maximum atomic E-state index is 12.9. The van der Waals surface area contributed by atoms with Gasteiger partial charge in [-0.15, -0.1) is 0 Å². The van der Waals surface area contributed by atoms with Crippen molar-refractivity contribution in [2.75, 3.05) is 13.2 Å². The molecule has 396 valence electrons. The van der Waals surface area contributed by atoms with Crippen LogP contribution in [0.25, 0.3) is 0 Å². The van der Waals surface area contributed by atoms with Crippen LogP contribution in [-0.4, -0.2) is 37.2 Å². The van der Waals surface area contributed by atoms with Crippen LogP contribution in [-0.2, 0) is 28.6 Å². The van der Waals surface area contributed by atoms with E-state index in [9.17, 15) is 14.4 Å². The van der Waals surface area contributed by atoms with Crippen LogP contribution in [0.5, 0.6) is 0 Å². The summed E-state index contributed by atoms with van der Waals surface area (Å²) in [4.78, 5) is 38.2. The Hall–Kier alpha value is -4.19. The molecule has 0 rings (SSSR count). The van der Waals surface area contributed by atoms with E-state index in [1.165, 1.54) is 122 Å². The van der Waals surface area contributed by atoms with Gasteiger partial charge in [0.2, 0.25) is 0 Å². The number of rotatable bonds is 50. The van der Waals surface area contributed by atoms with Gasteiger partial charge in [-0.3, -0.25) is 14.4 Å². The highest BCUT2D eigenvalue weighted by molar-refractivity contribution is 5.71. The van der Waals surface area contributed by atoms with E-state index in [1.807, 2.05) is 72.9 Å². The fraction of sp³-hybridized carbons (Fsp3) is 0.641. The molecular formula is C64H104O6. The van der Waals surface area contributed by atoms with Gasteiger partial charge in [-0.2, -0.15) is 0 Å². The van der Waals surface area contributed by atoms with E-state index in [4.69, 9.17) is 14.2 Å². The highest BCUT2D eigenvalue weighted by Crippen LogP contribution is 2.14. The van der Waals surface area contributed by atoms with Gasteiger partial charge < -0.3 is 14.2 Å². The normalized spacial score (nSPS) is 13.0. The third-order valence-electron chi connectivity index (χ3n) is 11.9. The van der Waals surface area contributed by atoms with Crippen molar-refractivity contribution in [1.82, 2.24) is 0 Å². The minimum Gasteiger partial charge on any atom is -0.462 e. The van der Waals surface area contributed by atoms with Crippen LogP contribution >= 0.6 is 0 Å². The predicted molar refractivity (Wildman–Crippen MR) is 302 cm³/mol. The Bertz CT molecular complexity index is 1490. The summed E-state index contributed by atoms with van der Waals surface area (Å²) in [6.07, 6.45) is 78.9. The smallest absolute Gasteiger partial charge is 0.306 e. The molecule has 1 atom stereocenters. The fourth-order valence-electron chi connectivity index (χ4n) is 7.59. The third-order valence-corrected chi connectivity index (χ3v) is 11.9. The van der Waals surface area contributed by atoms with E-state index in [-0.39, 0.29) is 31.1 Å². The molecule has 0 radical (unpaired) electrons. The first-order chi connectivity index (χ1) is 34.5. The van der Waals surface area contributed by atoms with Gasteiger partial charge >= 0.3 is 17.9 Å². The number of hydrogen-bond donors (Lipinski definition) is 0. The van der Waals surface area contributed by atoms with Crippen molar-refractivity contribution in [1.29, 1.82) is 0 Å². The monoisotopic (exact) mass is 969 g/mol. The summed E-state index contributed by atoms with van der Waals surface area (Å²) in [5.74, 6) is -0.986. The maximum absolute atomic E-state index is 12.9. The van der Waals surface area contributed by atoms with Gasteiger partial charge in [0.15, 0.2) is 6.10 Å². The van der Waals surface area contributed by atoms with E-state index < -0.39 is 6.10 Å². The number of ether oxygens (including phenoxy) is 3. The lowest BCUT2D eigenvalue weighted by Gasteiger charge is -2.18. The van der Waals surface area contributed by atoms with Crippen molar-refractivity contribution in [3.8, 4) is 0 Å². The van der Waals surface area contributed by atoms with Crippen molar-refractivity contribution in [2.24, 2.45) is 0 Å². The van der Waals surface area contributed by atoms with Crippen LogP contribution in [0.1, 0.15) is 245 Å². The molecule has 0 aromatic rings. The molecule has 0 aromatic carbocycles. The Balaban J connectivity index is 4.55. The van der Waals surface area contributed by atoms with Crippen molar-refractivity contribution in [2.45, 2.75) is 252 Å². The number of esters is 3. The summed E-state index contributed by atoms with van der Waals surface area (Å²) in [5.41, 5.74) is 0. The first kappa shape index (κ1) is 65.8. The second-order valence-corrected chi connectivity index (χ2v) is 18.7. The molecule has 70 heavy (non-hydrogen) atoms. The van der Waals surface area contributed by atoms with E-state index in [1.54, 1.807) is 0 Å². The Morgan fingerprint density at radius 1 is 0.300 bits per heavy atom. The highest BCUT2D eigenvalue weighted by atomic mass is 16.6. The first-order valence-corrected chi connectivity index (χ1v) is 28.7. The summed E-state index contributed by atoms with van der Waals surface area (Å²) in [6, 6.07) is 0. The van der Waals surface area contributed by atoms with Crippen molar-refractivity contribution >= 4 is 17.9 Å². The molecule has 6 nitrogen and oxygen atoms in total. The van der Waals surface area contributed by atoms with Crippen LogP contribution < -0.4 is 0 Å². The van der Waals surface area contributed by atoms with E-state index >= 15 is 0 Å². The average molecular weight is 970 g/mol. The standard InChI is InChI=1S/C64H104O6/c1-4-7-10-13-16-19-22-25-28-31-32-34-36-39-42-45-48-51-54-57-63(66)69-60-61(59-68-62(65)56-53-50-47-44-41-38-35-30-27-24-21-18-15-12-9-6-3)70-64(67)58-55-52-49-46-43-40-37-33-29-26-23-20-17-14-11-8-5-2/h7,10,13,16,19,22,25-26,28-32,34-36,38-39,41-42,61H,4-6,8-9,11-12,14-15,17-18,20-21,23-24,27,33,37,40,43-60H2,1-3H3/b10-7-,16-13-,22-19-,28-25-,29-26-,32-31+,35-30-,36-34-,41-38-,42-39-. The van der Waals surface area contributed by atoms with Gasteiger partial charge in [0.25, 0.3) is 0 Å². The molecule has 0 spiro atoms. The van der Waals surface area contributed by atoms with Crippen LogP contribution in [0, 0.1) is 0 Å². The van der Waals surface area contributed by atoms with Crippen molar-refractivity contribution in [3.05, 3.63) is 122 Å². The first-order valence-electron chi connectivity index (χ1n) is 28.7. The third kappa shape index (κ3) is 54.7. The Kier molecular flexibility index (Phi) is 54.0. The minimum atomic E-state index is -0.814. The number of carbonyl (C=O) groups is 3. The zero-order valence-corrected chi connectivity index (χ0v) is 45.2. The molecule has 0 aliphatic carbocycles. The molecular weight excluding hydrogens is 865 g/mol. The molecule has 0 heterocycles. The zero-order chi connectivity index (χ0) is 50.7.